The molecule has 0 saturated heterocycles. The smallest absolute Gasteiger partial charge is 0.171 e. The minimum atomic E-state index is -4.12. The average molecular weight is 289 g/mol. The number of rotatable bonds is 1. The molecule has 0 saturated carbocycles. The van der Waals surface area contributed by atoms with Crippen molar-refractivity contribution in [3.8, 4) is 0 Å². The Kier molecular flexibility index (Phi) is 3.44. The Morgan fingerprint density at radius 2 is 2.06 bits per heavy atom. The van der Waals surface area contributed by atoms with Crippen LogP contribution in [0.15, 0.2) is 0 Å². The van der Waals surface area contributed by atoms with Crippen LogP contribution in [0.2, 0.25) is 4.34 Å². The maximum Gasteiger partial charge on any atom is 0.392 e. The lowest BCUT2D eigenvalue weighted by molar-refractivity contribution is -0.176. The molecule has 0 spiro atoms. The van der Waals surface area contributed by atoms with E-state index in [1.165, 1.54) is 11.3 Å². The van der Waals surface area contributed by atoms with E-state index in [1.807, 2.05) is 0 Å². The fraction of sp³-hybridized carbons (Fsp3) is 0.600. The maximum absolute atomic E-state index is 12.6. The van der Waals surface area contributed by atoms with Crippen LogP contribution >= 0.6 is 34.5 Å². The van der Waals surface area contributed by atoms with E-state index < -0.39 is 12.1 Å². The molecule has 0 bridgehead atoms. The van der Waals surface area contributed by atoms with Crippen molar-refractivity contribution in [1.29, 1.82) is 0 Å². The Labute approximate surface area is 105 Å². The van der Waals surface area contributed by atoms with Gasteiger partial charge in [-0.05, 0) is 30.4 Å². The van der Waals surface area contributed by atoms with Gasteiger partial charge in [-0.3, -0.25) is 0 Å². The zero-order chi connectivity index (χ0) is 11.9. The van der Waals surface area contributed by atoms with E-state index in [0.29, 0.717) is 16.3 Å². The lowest BCUT2D eigenvalue weighted by atomic mass is 9.86. The van der Waals surface area contributed by atoms with Crippen LogP contribution in [0, 0.1) is 5.92 Å². The van der Waals surface area contributed by atoms with Crippen molar-refractivity contribution >= 4 is 34.5 Å². The van der Waals surface area contributed by atoms with Gasteiger partial charge in [0.1, 0.15) is 0 Å². The predicted molar refractivity (Wildman–Crippen MR) is 60.5 cm³/mol. The van der Waals surface area contributed by atoms with Gasteiger partial charge in [-0.15, -0.1) is 22.9 Å². The summed E-state index contributed by atoms with van der Waals surface area (Å²) < 4.78 is 38.4. The lowest BCUT2D eigenvalue weighted by Crippen LogP contribution is -2.28. The van der Waals surface area contributed by atoms with E-state index in [2.05, 4.69) is 0 Å². The summed E-state index contributed by atoms with van der Waals surface area (Å²) in [7, 11) is 0. The Morgan fingerprint density at radius 1 is 1.38 bits per heavy atom. The molecule has 1 heterocycles. The van der Waals surface area contributed by atoms with E-state index >= 15 is 0 Å². The Morgan fingerprint density at radius 3 is 2.62 bits per heavy atom. The fourth-order valence-corrected chi connectivity index (χ4v) is 4.01. The molecule has 0 fully saturated rings. The highest BCUT2D eigenvalue weighted by Crippen LogP contribution is 2.43. The quantitative estimate of drug-likeness (QED) is 0.651. The van der Waals surface area contributed by atoms with Gasteiger partial charge in [0, 0.05) is 10.8 Å². The molecule has 1 atom stereocenters. The van der Waals surface area contributed by atoms with Crippen molar-refractivity contribution in [1.82, 2.24) is 0 Å². The molecule has 0 N–H and O–H groups in total. The number of fused-ring (bicyclic) bond motifs is 1. The molecule has 16 heavy (non-hydrogen) atoms. The van der Waals surface area contributed by atoms with Gasteiger partial charge < -0.3 is 0 Å². The summed E-state index contributed by atoms with van der Waals surface area (Å²) in [5.41, 5.74) is 1.43. The summed E-state index contributed by atoms with van der Waals surface area (Å²) in [6.45, 7) is 0. The number of hydrogen-bond acceptors (Lipinski definition) is 1. The fourth-order valence-electron chi connectivity index (χ4n) is 2.02. The molecule has 1 aromatic heterocycles. The third-order valence-corrected chi connectivity index (χ3v) is 4.77. The van der Waals surface area contributed by atoms with Crippen LogP contribution < -0.4 is 0 Å². The van der Waals surface area contributed by atoms with Crippen molar-refractivity contribution in [3.05, 3.63) is 20.3 Å². The molecule has 0 nitrogen and oxygen atoms in total. The second-order valence-electron chi connectivity index (χ2n) is 3.87. The molecular weight excluding hydrogens is 280 g/mol. The summed E-state index contributed by atoms with van der Waals surface area (Å²) in [4.78, 5) is 0.973. The minimum absolute atomic E-state index is 0.0319. The number of aryl methyl sites for hydroxylation is 1. The van der Waals surface area contributed by atoms with Gasteiger partial charge in [0.05, 0.1) is 10.3 Å². The molecule has 1 aromatic rings. The van der Waals surface area contributed by atoms with Gasteiger partial charge in [-0.25, -0.2) is 0 Å². The number of alkyl halides is 4. The van der Waals surface area contributed by atoms with Crippen molar-refractivity contribution in [2.75, 3.05) is 0 Å². The largest absolute Gasteiger partial charge is 0.392 e. The number of thiophene rings is 1. The van der Waals surface area contributed by atoms with Gasteiger partial charge in [0.15, 0.2) is 0 Å². The molecular formula is C10H9Cl2F3S. The van der Waals surface area contributed by atoms with E-state index in [-0.39, 0.29) is 18.7 Å². The molecule has 0 amide bonds. The second-order valence-corrected chi connectivity index (χ2v) is 5.85. The highest BCUT2D eigenvalue weighted by Gasteiger charge is 2.42. The minimum Gasteiger partial charge on any atom is -0.171 e. The molecule has 2 rings (SSSR count). The first-order valence-electron chi connectivity index (χ1n) is 4.85. The van der Waals surface area contributed by atoms with Crippen molar-refractivity contribution in [3.63, 3.8) is 0 Å². The highest BCUT2D eigenvalue weighted by molar-refractivity contribution is 7.16. The molecule has 0 radical (unpaired) electrons. The van der Waals surface area contributed by atoms with Crippen LogP contribution in [0.3, 0.4) is 0 Å². The van der Waals surface area contributed by atoms with Crippen LogP contribution in [-0.2, 0) is 18.7 Å². The molecule has 90 valence electrons. The van der Waals surface area contributed by atoms with E-state index in [9.17, 15) is 13.2 Å². The standard InChI is InChI=1S/C10H9Cl2F3S/c11-4-7-6-3-5(10(13,14)15)1-2-8(6)16-9(7)12/h5H,1-4H2. The van der Waals surface area contributed by atoms with E-state index in [1.54, 1.807) is 0 Å². The average Bonchev–Trinajstić information content (AvgIpc) is 2.50. The Balaban J connectivity index is 2.32. The van der Waals surface area contributed by atoms with Gasteiger partial charge in [-0.2, -0.15) is 13.2 Å². The Hall–Kier alpha value is 0.0700. The molecule has 0 aliphatic heterocycles. The first kappa shape index (κ1) is 12.5. The van der Waals surface area contributed by atoms with Crippen LogP contribution in [-0.4, -0.2) is 6.18 Å². The van der Waals surface area contributed by atoms with E-state index in [0.717, 1.165) is 10.4 Å². The molecule has 6 heteroatoms. The maximum atomic E-state index is 12.6. The second kappa shape index (κ2) is 4.39. The van der Waals surface area contributed by atoms with Gasteiger partial charge in [-0.1, -0.05) is 11.6 Å². The Bertz CT molecular complexity index is 398. The summed E-state index contributed by atoms with van der Waals surface area (Å²) in [6.07, 6.45) is -3.46. The monoisotopic (exact) mass is 288 g/mol. The predicted octanol–water partition coefficient (Wildman–Crippen LogP) is 4.81. The summed E-state index contributed by atoms with van der Waals surface area (Å²) in [5, 5.41) is 0. The van der Waals surface area contributed by atoms with Crippen LogP contribution in [0.25, 0.3) is 0 Å². The molecule has 1 aliphatic rings. The van der Waals surface area contributed by atoms with Crippen molar-refractivity contribution < 1.29 is 13.2 Å². The number of halogens is 5. The molecule has 1 aliphatic carbocycles. The molecule has 1 unspecified atom stereocenters. The van der Waals surface area contributed by atoms with Crippen LogP contribution in [0.5, 0.6) is 0 Å². The lowest BCUT2D eigenvalue weighted by Gasteiger charge is -2.25. The zero-order valence-corrected chi connectivity index (χ0v) is 10.5. The SMILES string of the molecule is FC(F)(F)C1CCc2sc(Cl)c(CCl)c2C1. The summed E-state index contributed by atoms with van der Waals surface area (Å²) >= 11 is 13.0. The van der Waals surface area contributed by atoms with Crippen molar-refractivity contribution in [2.45, 2.75) is 31.3 Å². The van der Waals surface area contributed by atoms with Gasteiger partial charge in [0.2, 0.25) is 0 Å². The van der Waals surface area contributed by atoms with Gasteiger partial charge >= 0.3 is 6.18 Å². The van der Waals surface area contributed by atoms with Gasteiger partial charge in [0.25, 0.3) is 0 Å². The first-order chi connectivity index (χ1) is 7.43. The third kappa shape index (κ3) is 2.20. The zero-order valence-electron chi connectivity index (χ0n) is 8.20. The van der Waals surface area contributed by atoms with Crippen LogP contribution in [0.4, 0.5) is 13.2 Å². The first-order valence-corrected chi connectivity index (χ1v) is 6.58. The normalized spacial score (nSPS) is 20.9. The third-order valence-electron chi connectivity index (χ3n) is 2.92. The summed E-state index contributed by atoms with van der Waals surface area (Å²) in [5.74, 6) is -1.05. The summed E-state index contributed by atoms with van der Waals surface area (Å²) in [6, 6.07) is 0. The van der Waals surface area contributed by atoms with Crippen molar-refractivity contribution in [2.24, 2.45) is 5.92 Å². The highest BCUT2D eigenvalue weighted by atomic mass is 35.5. The topological polar surface area (TPSA) is 0 Å². The van der Waals surface area contributed by atoms with Crippen LogP contribution in [0.1, 0.15) is 22.4 Å². The van der Waals surface area contributed by atoms with E-state index in [4.69, 9.17) is 23.2 Å². The number of hydrogen-bond donors (Lipinski definition) is 0. The molecule has 0 aromatic carbocycles.